The van der Waals surface area contributed by atoms with Gasteiger partial charge in [-0.1, -0.05) is 24.6 Å². The second-order valence-electron chi connectivity index (χ2n) is 10.4. The van der Waals surface area contributed by atoms with E-state index in [-0.39, 0.29) is 29.3 Å². The van der Waals surface area contributed by atoms with Crippen LogP contribution in [0.25, 0.3) is 11.0 Å². The van der Waals surface area contributed by atoms with Gasteiger partial charge < -0.3 is 10.2 Å². The number of likely N-dealkylation sites (tertiary alicyclic amines) is 1. The lowest BCUT2D eigenvalue weighted by Gasteiger charge is -2.41. The molecule has 0 saturated carbocycles. The van der Waals surface area contributed by atoms with Crippen LogP contribution >= 0.6 is 10.2 Å². The van der Waals surface area contributed by atoms with Gasteiger partial charge in [-0.3, -0.25) is 14.8 Å². The maximum absolute atomic E-state index is 14.6. The SMILES string of the molecule is C[C@@H]1C[C@H](N2Cc3cnc(Nc4ccc(S(F)(F)(F)(F)F)cc4)nc3C2)CCN1C(=O)c1cc2nn[nH]c2cc1F. The average molecular weight is 599 g/mol. The third-order valence-electron chi connectivity index (χ3n) is 7.51. The van der Waals surface area contributed by atoms with Crippen molar-refractivity contribution >= 4 is 38.8 Å². The molecule has 1 fully saturated rings. The molecule has 0 spiro atoms. The molecule has 0 radical (unpaired) electrons. The van der Waals surface area contributed by atoms with Crippen LogP contribution in [0.15, 0.2) is 47.5 Å². The predicted molar refractivity (Wildman–Crippen MR) is 140 cm³/mol. The van der Waals surface area contributed by atoms with Gasteiger partial charge in [-0.05, 0) is 50.1 Å². The molecule has 6 rings (SSSR count). The van der Waals surface area contributed by atoms with Crippen LogP contribution in [-0.2, 0) is 13.1 Å². The zero-order valence-electron chi connectivity index (χ0n) is 21.5. The van der Waals surface area contributed by atoms with Crippen LogP contribution in [0.5, 0.6) is 0 Å². The number of hydrogen-bond acceptors (Lipinski definition) is 7. The molecular weight excluding hydrogens is 574 g/mol. The minimum absolute atomic E-state index is 0.0520. The molecule has 2 aliphatic rings. The zero-order chi connectivity index (χ0) is 29.2. The van der Waals surface area contributed by atoms with Crippen LogP contribution in [0.1, 0.15) is 41.4 Å². The Hall–Kier alpha value is -3.92. The largest absolute Gasteiger partial charge is 0.336 e. The van der Waals surface area contributed by atoms with E-state index in [0.29, 0.717) is 55.6 Å². The average Bonchev–Trinajstić information content (AvgIpc) is 3.53. The molecule has 4 heterocycles. The van der Waals surface area contributed by atoms with Crippen LogP contribution in [0, 0.1) is 5.82 Å². The first-order chi connectivity index (χ1) is 19.1. The number of halogens is 6. The highest BCUT2D eigenvalue weighted by molar-refractivity contribution is 8.45. The molecule has 1 amide bonds. The number of carbonyl (C=O) groups excluding carboxylic acids is 1. The van der Waals surface area contributed by atoms with Crippen LogP contribution in [0.3, 0.4) is 0 Å². The van der Waals surface area contributed by atoms with E-state index in [1.54, 1.807) is 11.1 Å². The Labute approximate surface area is 229 Å². The number of fused-ring (bicyclic) bond motifs is 2. The fourth-order valence-corrected chi connectivity index (χ4v) is 6.04. The lowest BCUT2D eigenvalue weighted by Crippen LogP contribution is -2.50. The number of piperidine rings is 1. The number of H-pyrrole nitrogens is 1. The molecular formula is C25H24F6N8OS. The first kappa shape index (κ1) is 27.3. The van der Waals surface area contributed by atoms with Crippen molar-refractivity contribution in [3.8, 4) is 0 Å². The molecule has 0 bridgehead atoms. The van der Waals surface area contributed by atoms with Crippen LogP contribution < -0.4 is 5.32 Å². The molecule has 0 unspecified atom stereocenters. The maximum atomic E-state index is 14.6. The third kappa shape index (κ3) is 5.40. The first-order valence-electron chi connectivity index (χ1n) is 12.7. The summed E-state index contributed by atoms with van der Waals surface area (Å²) in [5.41, 5.74) is 2.52. The van der Waals surface area contributed by atoms with E-state index in [9.17, 15) is 28.6 Å². The predicted octanol–water partition coefficient (Wildman–Crippen LogP) is 6.30. The van der Waals surface area contributed by atoms with Gasteiger partial charge in [0.2, 0.25) is 5.95 Å². The highest BCUT2D eigenvalue weighted by atomic mass is 32.5. The second-order valence-corrected chi connectivity index (χ2v) is 12.8. The number of benzene rings is 2. The van der Waals surface area contributed by atoms with E-state index in [1.165, 1.54) is 12.1 Å². The van der Waals surface area contributed by atoms with E-state index in [1.807, 2.05) is 6.92 Å². The fourth-order valence-electron chi connectivity index (χ4n) is 5.39. The summed E-state index contributed by atoms with van der Waals surface area (Å²) in [6.07, 6.45) is 2.94. The highest BCUT2D eigenvalue weighted by Gasteiger charge is 2.65. The molecule has 9 nitrogen and oxygen atoms in total. The van der Waals surface area contributed by atoms with Crippen molar-refractivity contribution in [2.24, 2.45) is 0 Å². The van der Waals surface area contributed by atoms with Crippen molar-refractivity contribution in [3.05, 3.63) is 65.2 Å². The normalized spacial score (nSPS) is 21.4. The summed E-state index contributed by atoms with van der Waals surface area (Å²) in [7, 11) is -9.75. The zero-order valence-corrected chi connectivity index (χ0v) is 22.3. The Morgan fingerprint density at radius 3 is 2.56 bits per heavy atom. The number of nitrogens with one attached hydrogen (secondary N) is 2. The molecule has 2 aromatic heterocycles. The number of aromatic nitrogens is 5. The van der Waals surface area contributed by atoms with Gasteiger partial charge in [0.05, 0.1) is 16.8 Å². The second kappa shape index (κ2) is 8.79. The molecule has 4 aromatic rings. The highest BCUT2D eigenvalue weighted by Crippen LogP contribution is 3.02. The number of amides is 1. The standard InChI is InChI=1S/C25H24F6N8OS/c1-14-8-17(6-7-39(14)24(40)19-9-21-22(10-20(19)26)36-37-35-21)38-12-15-11-32-25(34-23(15)13-38)33-16-2-4-18(5-3-16)41(27,28,29,30)31/h2-5,9-11,14,17H,6-8,12-13H2,1H3,(H,32,33,34)(H,35,36,37)/t14-,17-/m1/s1. The number of hydrogen-bond donors (Lipinski definition) is 2. The summed E-state index contributed by atoms with van der Waals surface area (Å²) in [4.78, 5) is 23.8. The Bertz CT molecular complexity index is 1660. The molecule has 1 saturated heterocycles. The Balaban J connectivity index is 1.09. The van der Waals surface area contributed by atoms with Crippen LogP contribution in [0.2, 0.25) is 0 Å². The first-order valence-corrected chi connectivity index (χ1v) is 14.6. The molecule has 2 aliphatic heterocycles. The molecule has 2 atom stereocenters. The van der Waals surface area contributed by atoms with Crippen molar-refractivity contribution in [2.45, 2.75) is 49.8 Å². The molecule has 0 aliphatic carbocycles. The van der Waals surface area contributed by atoms with Gasteiger partial charge in [-0.15, -0.1) is 5.10 Å². The van der Waals surface area contributed by atoms with E-state index < -0.39 is 26.8 Å². The van der Waals surface area contributed by atoms with Gasteiger partial charge >= 0.3 is 10.2 Å². The topological polar surface area (TPSA) is 103 Å². The van der Waals surface area contributed by atoms with E-state index in [0.717, 1.165) is 23.4 Å². The lowest BCUT2D eigenvalue weighted by molar-refractivity contribution is 0.0456. The molecule has 16 heteroatoms. The van der Waals surface area contributed by atoms with Crippen molar-refractivity contribution < 1.29 is 28.6 Å². The monoisotopic (exact) mass is 598 g/mol. The number of aromatic amines is 1. The van der Waals surface area contributed by atoms with Gasteiger partial charge in [0, 0.05) is 55.2 Å². The van der Waals surface area contributed by atoms with E-state index in [2.05, 4.69) is 35.6 Å². The number of nitrogens with zero attached hydrogens (tertiary/aromatic N) is 6. The lowest BCUT2D eigenvalue weighted by atomic mass is 9.96. The molecule has 2 N–H and O–H groups in total. The van der Waals surface area contributed by atoms with Crippen molar-refractivity contribution in [1.29, 1.82) is 0 Å². The smallest absolute Gasteiger partial charge is 0.310 e. The summed E-state index contributed by atoms with van der Waals surface area (Å²) >= 11 is 0. The maximum Gasteiger partial charge on any atom is 0.310 e. The number of anilines is 2. The molecule has 2 aromatic carbocycles. The Morgan fingerprint density at radius 2 is 1.85 bits per heavy atom. The minimum atomic E-state index is -9.75. The van der Waals surface area contributed by atoms with Crippen molar-refractivity contribution in [1.82, 2.24) is 35.2 Å². The summed E-state index contributed by atoms with van der Waals surface area (Å²) in [5, 5.41) is 12.8. The number of carbonyl (C=O) groups is 1. The van der Waals surface area contributed by atoms with Gasteiger partial charge in [-0.25, -0.2) is 14.4 Å². The van der Waals surface area contributed by atoms with Gasteiger partial charge in [0.25, 0.3) is 5.91 Å². The van der Waals surface area contributed by atoms with Crippen LogP contribution in [-0.4, -0.2) is 59.7 Å². The van der Waals surface area contributed by atoms with Crippen molar-refractivity contribution in [3.63, 3.8) is 0 Å². The van der Waals surface area contributed by atoms with Crippen LogP contribution in [0.4, 0.5) is 35.5 Å². The fraction of sp³-hybridized carbons (Fsp3) is 0.320. The van der Waals surface area contributed by atoms with E-state index >= 15 is 0 Å². The molecule has 41 heavy (non-hydrogen) atoms. The summed E-state index contributed by atoms with van der Waals surface area (Å²) in [6, 6.07) is 5.05. The molecule has 218 valence electrons. The number of rotatable bonds is 5. The summed E-state index contributed by atoms with van der Waals surface area (Å²) < 4.78 is 79.5. The van der Waals surface area contributed by atoms with Gasteiger partial charge in [0.15, 0.2) is 0 Å². The minimum Gasteiger partial charge on any atom is -0.336 e. The van der Waals surface area contributed by atoms with Crippen molar-refractivity contribution in [2.75, 3.05) is 11.9 Å². The quantitative estimate of drug-likeness (QED) is 0.260. The van der Waals surface area contributed by atoms with Gasteiger partial charge in [0.1, 0.15) is 16.2 Å². The summed E-state index contributed by atoms with van der Waals surface area (Å²) in [5.74, 6) is -0.916. The van der Waals surface area contributed by atoms with E-state index in [4.69, 9.17) is 0 Å². The Kier molecular flexibility index (Phi) is 5.84. The third-order valence-corrected chi connectivity index (χ3v) is 8.67. The summed E-state index contributed by atoms with van der Waals surface area (Å²) in [6.45, 7) is 3.43. The van der Waals surface area contributed by atoms with Gasteiger partial charge in [-0.2, -0.15) is 0 Å². The Morgan fingerprint density at radius 1 is 1.10 bits per heavy atom.